The van der Waals surface area contributed by atoms with Gasteiger partial charge in [-0.15, -0.1) is 0 Å². The zero-order valence-electron chi connectivity index (χ0n) is 17.4. The van der Waals surface area contributed by atoms with Gasteiger partial charge in [0.2, 0.25) is 0 Å². The minimum Gasteiger partial charge on any atom is -0.459 e. The van der Waals surface area contributed by atoms with Gasteiger partial charge in [-0.25, -0.2) is 19.2 Å². The molecule has 1 fully saturated rings. The molecule has 3 atom stereocenters. The van der Waals surface area contributed by atoms with E-state index < -0.39 is 42.4 Å². The Hall–Kier alpha value is -4.18. The van der Waals surface area contributed by atoms with Crippen molar-refractivity contribution in [2.75, 3.05) is 6.61 Å². The van der Waals surface area contributed by atoms with Crippen LogP contribution in [0, 0.1) is 0 Å². The maximum absolute atomic E-state index is 12.6. The highest BCUT2D eigenvalue weighted by atomic mass is 16.6. The Morgan fingerprint density at radius 3 is 2.27 bits per heavy atom. The van der Waals surface area contributed by atoms with Crippen LogP contribution in [-0.4, -0.2) is 53.9 Å². The summed E-state index contributed by atoms with van der Waals surface area (Å²) in [6.45, 7) is -0.201. The molecule has 0 radical (unpaired) electrons. The van der Waals surface area contributed by atoms with Gasteiger partial charge in [-0.3, -0.25) is 10.2 Å². The van der Waals surface area contributed by atoms with E-state index >= 15 is 0 Å². The van der Waals surface area contributed by atoms with Gasteiger partial charge in [0.15, 0.2) is 0 Å². The standard InChI is InChI=1S/C23H21N3O7/c27-20(15-7-3-1-4-8-15)31-14-18-17(33-21(28)16-9-5-2-6-10-16)13-19(32-18)26-12-11-24-22(29)25-23(26)30/h1-12,17-19H,13-14H2,(H2,24,25,29,30)/t17-,18+,19+/m0/s1. The fraction of sp³-hybridized carbons (Fsp3) is 0.217. The van der Waals surface area contributed by atoms with Crippen LogP contribution in [0.15, 0.2) is 73.1 Å². The Labute approximate surface area is 189 Å². The molecular formula is C23H21N3O7. The van der Waals surface area contributed by atoms with E-state index in [0.29, 0.717) is 11.1 Å². The number of ether oxygens (including phenoxy) is 3. The minimum absolute atomic E-state index is 0.109. The Balaban J connectivity index is 1.48. The normalized spacial score (nSPS) is 22.2. The number of esters is 2. The maximum Gasteiger partial charge on any atom is 0.338 e. The number of rotatable bonds is 6. The van der Waals surface area contributed by atoms with Gasteiger partial charge in [-0.05, 0) is 24.3 Å². The van der Waals surface area contributed by atoms with Crippen molar-refractivity contribution < 1.29 is 33.4 Å². The van der Waals surface area contributed by atoms with Crippen molar-refractivity contribution in [3.63, 3.8) is 0 Å². The lowest BCUT2D eigenvalue weighted by Crippen LogP contribution is -2.45. The second-order valence-corrected chi connectivity index (χ2v) is 7.27. The van der Waals surface area contributed by atoms with Crippen LogP contribution in [0.2, 0.25) is 0 Å². The lowest BCUT2D eigenvalue weighted by Gasteiger charge is -2.23. The molecule has 2 aromatic carbocycles. The summed E-state index contributed by atoms with van der Waals surface area (Å²) in [6.07, 6.45) is 0.250. The fourth-order valence-corrected chi connectivity index (χ4v) is 3.43. The van der Waals surface area contributed by atoms with E-state index in [1.54, 1.807) is 60.7 Å². The first-order valence-corrected chi connectivity index (χ1v) is 10.2. The van der Waals surface area contributed by atoms with Crippen LogP contribution < -0.4 is 10.6 Å². The van der Waals surface area contributed by atoms with Gasteiger partial charge in [0.1, 0.15) is 25.0 Å². The van der Waals surface area contributed by atoms with Crippen molar-refractivity contribution in [2.45, 2.75) is 24.9 Å². The van der Waals surface area contributed by atoms with Crippen LogP contribution in [0.5, 0.6) is 0 Å². The zero-order valence-corrected chi connectivity index (χ0v) is 17.4. The Morgan fingerprint density at radius 2 is 1.61 bits per heavy atom. The maximum atomic E-state index is 12.6. The van der Waals surface area contributed by atoms with Crippen molar-refractivity contribution >= 4 is 24.0 Å². The minimum atomic E-state index is -0.858. The predicted molar refractivity (Wildman–Crippen MR) is 114 cm³/mol. The molecule has 10 heteroatoms. The number of amides is 4. The summed E-state index contributed by atoms with van der Waals surface area (Å²) in [5.41, 5.74) is 0.715. The number of carbonyl (C=O) groups is 4. The molecule has 170 valence electrons. The molecule has 4 amide bonds. The summed E-state index contributed by atoms with van der Waals surface area (Å²) in [5.74, 6) is -1.13. The number of benzene rings is 2. The molecule has 2 N–H and O–H groups in total. The van der Waals surface area contributed by atoms with E-state index in [-0.39, 0.29) is 13.0 Å². The van der Waals surface area contributed by atoms with Crippen molar-refractivity contribution in [2.24, 2.45) is 0 Å². The first kappa shape index (κ1) is 22.0. The number of imide groups is 1. The first-order valence-electron chi connectivity index (χ1n) is 10.2. The monoisotopic (exact) mass is 451 g/mol. The quantitative estimate of drug-likeness (QED) is 0.647. The number of nitrogens with one attached hydrogen (secondary N) is 2. The van der Waals surface area contributed by atoms with Crippen molar-refractivity contribution in [3.05, 3.63) is 84.2 Å². The summed E-state index contributed by atoms with van der Waals surface area (Å²) < 4.78 is 16.9. The molecule has 0 spiro atoms. The molecule has 33 heavy (non-hydrogen) atoms. The van der Waals surface area contributed by atoms with Crippen molar-refractivity contribution in [1.29, 1.82) is 0 Å². The summed E-state index contributed by atoms with van der Waals surface area (Å²) >= 11 is 0. The number of hydrogen-bond acceptors (Lipinski definition) is 7. The molecule has 0 unspecified atom stereocenters. The van der Waals surface area contributed by atoms with Crippen molar-refractivity contribution in [3.8, 4) is 0 Å². The van der Waals surface area contributed by atoms with Gasteiger partial charge in [-0.1, -0.05) is 36.4 Å². The highest BCUT2D eigenvalue weighted by Gasteiger charge is 2.43. The molecule has 0 aromatic heterocycles. The van der Waals surface area contributed by atoms with Gasteiger partial charge in [0.05, 0.1) is 11.1 Å². The molecule has 0 aliphatic carbocycles. The van der Waals surface area contributed by atoms with Gasteiger partial charge in [0, 0.05) is 18.8 Å². The molecular weight excluding hydrogens is 430 g/mol. The van der Waals surface area contributed by atoms with Crippen LogP contribution in [0.1, 0.15) is 27.1 Å². The lowest BCUT2D eigenvalue weighted by atomic mass is 10.1. The molecule has 4 rings (SSSR count). The lowest BCUT2D eigenvalue weighted by molar-refractivity contribution is -0.0632. The van der Waals surface area contributed by atoms with E-state index in [9.17, 15) is 19.2 Å². The summed E-state index contributed by atoms with van der Waals surface area (Å²) in [6, 6.07) is 15.5. The molecule has 2 aromatic rings. The molecule has 2 heterocycles. The van der Waals surface area contributed by atoms with E-state index in [0.717, 1.165) is 0 Å². The number of hydrogen-bond donors (Lipinski definition) is 2. The molecule has 0 saturated carbocycles. The molecule has 10 nitrogen and oxygen atoms in total. The average molecular weight is 451 g/mol. The van der Waals surface area contributed by atoms with Crippen LogP contribution >= 0.6 is 0 Å². The average Bonchev–Trinajstić information content (AvgIpc) is 3.14. The van der Waals surface area contributed by atoms with E-state index in [1.165, 1.54) is 17.3 Å². The Morgan fingerprint density at radius 1 is 0.970 bits per heavy atom. The second kappa shape index (κ2) is 9.96. The van der Waals surface area contributed by atoms with Gasteiger partial charge in [-0.2, -0.15) is 0 Å². The highest BCUT2D eigenvalue weighted by Crippen LogP contribution is 2.28. The molecule has 2 aliphatic heterocycles. The van der Waals surface area contributed by atoms with Crippen LogP contribution in [0.4, 0.5) is 9.59 Å². The summed E-state index contributed by atoms with van der Waals surface area (Å²) in [4.78, 5) is 50.0. The molecule has 1 saturated heterocycles. The van der Waals surface area contributed by atoms with Crippen molar-refractivity contribution in [1.82, 2.24) is 15.5 Å². The molecule has 0 bridgehead atoms. The zero-order chi connectivity index (χ0) is 23.2. The van der Waals surface area contributed by atoms with E-state index in [1.807, 2.05) is 0 Å². The first-order chi connectivity index (χ1) is 16.0. The van der Waals surface area contributed by atoms with Crippen LogP contribution in [0.3, 0.4) is 0 Å². The van der Waals surface area contributed by atoms with Crippen LogP contribution in [0.25, 0.3) is 0 Å². The number of nitrogens with zero attached hydrogens (tertiary/aromatic N) is 1. The largest absolute Gasteiger partial charge is 0.459 e. The Bertz CT molecular complexity index is 1060. The third-order valence-corrected chi connectivity index (χ3v) is 5.05. The highest BCUT2D eigenvalue weighted by molar-refractivity contribution is 5.95. The third-order valence-electron chi connectivity index (χ3n) is 5.05. The van der Waals surface area contributed by atoms with Crippen LogP contribution in [-0.2, 0) is 14.2 Å². The number of urea groups is 2. The number of carbonyl (C=O) groups excluding carboxylic acids is 4. The van der Waals surface area contributed by atoms with E-state index in [4.69, 9.17) is 14.2 Å². The Kier molecular flexibility index (Phi) is 6.65. The third kappa shape index (κ3) is 5.36. The van der Waals surface area contributed by atoms with E-state index in [2.05, 4.69) is 10.6 Å². The fourth-order valence-electron chi connectivity index (χ4n) is 3.43. The topological polar surface area (TPSA) is 123 Å². The smallest absolute Gasteiger partial charge is 0.338 e. The van der Waals surface area contributed by atoms with Gasteiger partial charge < -0.3 is 19.5 Å². The summed E-state index contributed by atoms with van der Waals surface area (Å²) in [5, 5.41) is 4.50. The SMILES string of the molecule is O=C1NC=CN([C@H]2C[C@H](OC(=O)c3ccccc3)[C@@H](COC(=O)c3ccccc3)O2)C(=O)N1. The van der Waals surface area contributed by atoms with Gasteiger partial charge in [0.25, 0.3) is 0 Å². The van der Waals surface area contributed by atoms with Gasteiger partial charge >= 0.3 is 24.0 Å². The molecule has 2 aliphatic rings. The second-order valence-electron chi connectivity index (χ2n) is 7.27. The summed E-state index contributed by atoms with van der Waals surface area (Å²) in [7, 11) is 0. The predicted octanol–water partition coefficient (Wildman–Crippen LogP) is 2.39.